The molecule has 1 atom stereocenters. The highest BCUT2D eigenvalue weighted by Crippen LogP contribution is 2.27. The van der Waals surface area contributed by atoms with Crippen LogP contribution in [0.3, 0.4) is 0 Å². The van der Waals surface area contributed by atoms with Gasteiger partial charge in [-0.25, -0.2) is 4.39 Å². The molecule has 17 heavy (non-hydrogen) atoms. The Morgan fingerprint density at radius 2 is 1.88 bits per heavy atom. The van der Waals surface area contributed by atoms with E-state index in [9.17, 15) is 9.50 Å². The van der Waals surface area contributed by atoms with E-state index in [1.54, 1.807) is 18.2 Å². The number of halogens is 3. The molecule has 0 aromatic heterocycles. The minimum Gasteiger partial charge on any atom is -0.384 e. The maximum Gasteiger partial charge on any atom is 0.125 e. The Morgan fingerprint density at radius 1 is 1.12 bits per heavy atom. The second kappa shape index (κ2) is 5.17. The zero-order valence-electron chi connectivity index (χ0n) is 8.70. The van der Waals surface area contributed by atoms with Crippen LogP contribution in [0.25, 0.3) is 0 Å². The Morgan fingerprint density at radius 3 is 2.53 bits per heavy atom. The van der Waals surface area contributed by atoms with Crippen molar-refractivity contribution in [3.8, 4) is 0 Å². The summed E-state index contributed by atoms with van der Waals surface area (Å²) in [5.74, 6) is -0.457. The van der Waals surface area contributed by atoms with E-state index in [-0.39, 0.29) is 5.02 Å². The van der Waals surface area contributed by atoms with Gasteiger partial charge in [0, 0.05) is 9.50 Å². The smallest absolute Gasteiger partial charge is 0.125 e. The van der Waals surface area contributed by atoms with E-state index in [1.165, 1.54) is 12.1 Å². The third kappa shape index (κ3) is 3.06. The van der Waals surface area contributed by atoms with Gasteiger partial charge in [-0.05, 0) is 41.5 Å². The summed E-state index contributed by atoms with van der Waals surface area (Å²) < 4.78 is 14.0. The molecule has 2 rings (SSSR count). The molecule has 0 radical (unpaired) electrons. The van der Waals surface area contributed by atoms with E-state index in [4.69, 9.17) is 11.6 Å². The highest BCUT2D eigenvalue weighted by Gasteiger charge is 2.12. The second-order valence-electron chi connectivity index (χ2n) is 3.66. The average Bonchev–Trinajstić information content (AvgIpc) is 2.26. The molecule has 0 aliphatic rings. The van der Waals surface area contributed by atoms with Crippen LogP contribution in [-0.4, -0.2) is 5.11 Å². The first kappa shape index (κ1) is 12.6. The third-order valence-electron chi connectivity index (χ3n) is 2.37. The first-order valence-electron chi connectivity index (χ1n) is 4.96. The van der Waals surface area contributed by atoms with E-state index in [0.717, 1.165) is 4.47 Å². The number of benzene rings is 2. The summed E-state index contributed by atoms with van der Waals surface area (Å²) in [6.07, 6.45) is -0.888. The summed E-state index contributed by atoms with van der Waals surface area (Å²) in [5, 5.41) is 10.4. The van der Waals surface area contributed by atoms with Gasteiger partial charge in [0.05, 0.1) is 0 Å². The molecular formula is C13H9BrClFO. The topological polar surface area (TPSA) is 20.2 Å². The normalized spacial score (nSPS) is 12.5. The fraction of sp³-hybridized carbons (Fsp3) is 0.0769. The molecule has 0 heterocycles. The van der Waals surface area contributed by atoms with Gasteiger partial charge in [0.1, 0.15) is 11.9 Å². The maximum atomic E-state index is 13.2. The van der Waals surface area contributed by atoms with Crippen LogP contribution in [0.1, 0.15) is 17.2 Å². The quantitative estimate of drug-likeness (QED) is 0.875. The van der Waals surface area contributed by atoms with Crippen LogP contribution in [0.2, 0.25) is 5.02 Å². The molecule has 0 saturated carbocycles. The number of rotatable bonds is 2. The Labute approximate surface area is 112 Å². The number of hydrogen-bond donors (Lipinski definition) is 1. The van der Waals surface area contributed by atoms with E-state index < -0.39 is 11.9 Å². The van der Waals surface area contributed by atoms with E-state index in [1.807, 2.05) is 12.1 Å². The van der Waals surface area contributed by atoms with Gasteiger partial charge in [0.25, 0.3) is 0 Å². The highest BCUT2D eigenvalue weighted by molar-refractivity contribution is 9.10. The minimum atomic E-state index is -0.888. The van der Waals surface area contributed by atoms with E-state index in [0.29, 0.717) is 11.1 Å². The van der Waals surface area contributed by atoms with Gasteiger partial charge < -0.3 is 5.11 Å². The molecule has 0 spiro atoms. The first-order valence-corrected chi connectivity index (χ1v) is 6.13. The van der Waals surface area contributed by atoms with Crippen molar-refractivity contribution in [1.82, 2.24) is 0 Å². The summed E-state index contributed by atoms with van der Waals surface area (Å²) in [5.41, 5.74) is 1.12. The molecule has 2 aromatic rings. The predicted octanol–water partition coefficient (Wildman–Crippen LogP) is 4.32. The number of aliphatic hydroxyl groups excluding tert-OH is 1. The highest BCUT2D eigenvalue weighted by atomic mass is 79.9. The summed E-state index contributed by atoms with van der Waals surface area (Å²) in [6.45, 7) is 0. The summed E-state index contributed by atoms with van der Waals surface area (Å²) >= 11 is 9.07. The van der Waals surface area contributed by atoms with Crippen LogP contribution in [-0.2, 0) is 0 Å². The Kier molecular flexibility index (Phi) is 3.82. The second-order valence-corrected chi connectivity index (χ2v) is 5.01. The van der Waals surface area contributed by atoms with E-state index >= 15 is 0 Å². The van der Waals surface area contributed by atoms with Gasteiger partial charge in [-0.2, -0.15) is 0 Å². The molecule has 4 heteroatoms. The average molecular weight is 316 g/mol. The molecule has 0 fully saturated rings. The van der Waals surface area contributed by atoms with Crippen molar-refractivity contribution in [2.24, 2.45) is 0 Å². The lowest BCUT2D eigenvalue weighted by atomic mass is 10.0. The van der Waals surface area contributed by atoms with E-state index in [2.05, 4.69) is 15.9 Å². The van der Waals surface area contributed by atoms with Crippen LogP contribution in [0.5, 0.6) is 0 Å². The fourth-order valence-corrected chi connectivity index (χ4v) is 2.25. The van der Waals surface area contributed by atoms with Crippen LogP contribution in [0.4, 0.5) is 4.39 Å². The molecule has 88 valence electrons. The lowest BCUT2D eigenvalue weighted by Crippen LogP contribution is -2.00. The number of aliphatic hydroxyl groups is 1. The Bertz CT molecular complexity index is 524. The van der Waals surface area contributed by atoms with Crippen molar-refractivity contribution >= 4 is 27.5 Å². The van der Waals surface area contributed by atoms with Crippen molar-refractivity contribution in [2.45, 2.75) is 6.10 Å². The van der Waals surface area contributed by atoms with Gasteiger partial charge >= 0.3 is 0 Å². The van der Waals surface area contributed by atoms with Gasteiger partial charge in [-0.15, -0.1) is 0 Å². The van der Waals surface area contributed by atoms with Crippen LogP contribution in [0, 0.1) is 5.82 Å². The Balaban J connectivity index is 2.39. The monoisotopic (exact) mass is 314 g/mol. The zero-order chi connectivity index (χ0) is 12.4. The van der Waals surface area contributed by atoms with Crippen molar-refractivity contribution in [3.05, 3.63) is 68.9 Å². The fourth-order valence-electron chi connectivity index (χ4n) is 1.60. The lowest BCUT2D eigenvalue weighted by molar-refractivity contribution is 0.219. The van der Waals surface area contributed by atoms with Crippen LogP contribution < -0.4 is 0 Å². The lowest BCUT2D eigenvalue weighted by Gasteiger charge is -2.12. The van der Waals surface area contributed by atoms with Crippen LogP contribution in [0.15, 0.2) is 46.9 Å². The molecule has 0 unspecified atom stereocenters. The van der Waals surface area contributed by atoms with Crippen molar-refractivity contribution in [3.63, 3.8) is 0 Å². The summed E-state index contributed by atoms with van der Waals surface area (Å²) in [6, 6.07) is 11.3. The molecule has 0 saturated heterocycles. The first-order chi connectivity index (χ1) is 8.06. The molecule has 0 aliphatic heterocycles. The Hall–Kier alpha value is -0.900. The summed E-state index contributed by atoms with van der Waals surface area (Å²) in [4.78, 5) is 0. The standard InChI is InChI=1S/C13H9BrClFO/c14-10-3-1-2-8(4-10)13(17)9-5-11(15)7-12(16)6-9/h1-7,13,17H/t13-/m0/s1. The minimum absolute atomic E-state index is 0.272. The van der Waals surface area contributed by atoms with Crippen molar-refractivity contribution in [2.75, 3.05) is 0 Å². The van der Waals surface area contributed by atoms with Crippen LogP contribution >= 0.6 is 27.5 Å². The predicted molar refractivity (Wildman–Crippen MR) is 69.6 cm³/mol. The SMILES string of the molecule is O[C@H](c1cc(F)cc(Cl)c1)c1cccc(Br)c1. The largest absolute Gasteiger partial charge is 0.384 e. The molecular weight excluding hydrogens is 306 g/mol. The molecule has 0 bridgehead atoms. The molecule has 0 aliphatic carbocycles. The summed E-state index contributed by atoms with van der Waals surface area (Å²) in [7, 11) is 0. The molecule has 1 N–H and O–H groups in total. The van der Waals surface area contributed by atoms with Crippen molar-refractivity contribution < 1.29 is 9.50 Å². The zero-order valence-corrected chi connectivity index (χ0v) is 11.0. The number of hydrogen-bond acceptors (Lipinski definition) is 1. The third-order valence-corrected chi connectivity index (χ3v) is 3.08. The van der Waals surface area contributed by atoms with Gasteiger partial charge in [0.2, 0.25) is 0 Å². The van der Waals surface area contributed by atoms with Gasteiger partial charge in [-0.3, -0.25) is 0 Å². The van der Waals surface area contributed by atoms with Gasteiger partial charge in [0.15, 0.2) is 0 Å². The molecule has 2 aromatic carbocycles. The molecule has 1 nitrogen and oxygen atoms in total. The van der Waals surface area contributed by atoms with Gasteiger partial charge in [-0.1, -0.05) is 39.7 Å². The molecule has 0 amide bonds. The maximum absolute atomic E-state index is 13.2. The van der Waals surface area contributed by atoms with Crippen molar-refractivity contribution in [1.29, 1.82) is 0 Å².